The molecule has 0 saturated carbocycles. The summed E-state index contributed by atoms with van der Waals surface area (Å²) in [6.45, 7) is 0.380. The minimum atomic E-state index is -0.197. The number of hydrogen-bond donors (Lipinski definition) is 2. The van der Waals surface area contributed by atoms with E-state index >= 15 is 0 Å². The first-order valence-corrected chi connectivity index (χ1v) is 9.65. The normalized spacial score (nSPS) is 15.4. The Hall–Kier alpha value is -2.64. The van der Waals surface area contributed by atoms with Gasteiger partial charge in [-0.2, -0.15) is 0 Å². The lowest BCUT2D eigenvalue weighted by Crippen LogP contribution is -2.29. The molecule has 2 amide bonds. The Kier molecular flexibility index (Phi) is 6.26. The van der Waals surface area contributed by atoms with Gasteiger partial charge in [-0.3, -0.25) is 14.5 Å². The third kappa shape index (κ3) is 4.96. The van der Waals surface area contributed by atoms with Crippen molar-refractivity contribution >= 4 is 51.9 Å². The molecule has 1 heterocycles. The number of nitrogens with one attached hydrogen (secondary N) is 1. The van der Waals surface area contributed by atoms with Gasteiger partial charge < -0.3 is 10.4 Å². The molecule has 0 radical (unpaired) electrons. The summed E-state index contributed by atoms with van der Waals surface area (Å²) in [4.78, 5) is 26.5. The minimum Gasteiger partial charge on any atom is -0.507 e. The van der Waals surface area contributed by atoms with Crippen molar-refractivity contribution in [3.8, 4) is 5.75 Å². The number of phenols is 1. The van der Waals surface area contributed by atoms with Crippen LogP contribution in [0.2, 0.25) is 0 Å². The molecule has 1 saturated heterocycles. The Morgan fingerprint density at radius 2 is 1.85 bits per heavy atom. The van der Waals surface area contributed by atoms with Crippen molar-refractivity contribution in [3.63, 3.8) is 0 Å². The lowest BCUT2D eigenvalue weighted by molar-refractivity contribution is -0.122. The van der Waals surface area contributed by atoms with Crippen molar-refractivity contribution in [2.75, 3.05) is 11.9 Å². The molecule has 5 nitrogen and oxygen atoms in total. The third-order valence-electron chi connectivity index (χ3n) is 3.94. The Balaban J connectivity index is 1.55. The summed E-state index contributed by atoms with van der Waals surface area (Å²) in [6.07, 6.45) is 2.44. The van der Waals surface area contributed by atoms with Crippen molar-refractivity contribution < 1.29 is 14.7 Å². The minimum absolute atomic E-state index is 0.101. The highest BCUT2D eigenvalue weighted by atomic mass is 32.2. The average Bonchev–Trinajstić information content (AvgIpc) is 2.92. The lowest BCUT2D eigenvalue weighted by Gasteiger charge is -2.14. The van der Waals surface area contributed by atoms with Gasteiger partial charge in [0.15, 0.2) is 0 Å². The second-order valence-corrected chi connectivity index (χ2v) is 7.59. The van der Waals surface area contributed by atoms with Gasteiger partial charge in [-0.15, -0.1) is 0 Å². The lowest BCUT2D eigenvalue weighted by atomic mass is 10.2. The fourth-order valence-electron chi connectivity index (χ4n) is 2.59. The van der Waals surface area contributed by atoms with E-state index in [1.807, 2.05) is 30.3 Å². The fourth-order valence-corrected chi connectivity index (χ4v) is 3.89. The Morgan fingerprint density at radius 1 is 1.15 bits per heavy atom. The number of anilines is 1. The second-order valence-electron chi connectivity index (χ2n) is 5.91. The molecule has 0 spiro atoms. The van der Waals surface area contributed by atoms with Crippen LogP contribution < -0.4 is 5.32 Å². The SMILES string of the molecule is O=C(CCCN1C(=O)/C(=C/c2ccccc2O)SC1=S)Nc1ccccc1. The van der Waals surface area contributed by atoms with Gasteiger partial charge in [0.05, 0.1) is 4.91 Å². The van der Waals surface area contributed by atoms with Crippen LogP contribution in [0.1, 0.15) is 18.4 Å². The molecule has 0 atom stereocenters. The number of amides is 2. The van der Waals surface area contributed by atoms with E-state index in [0.29, 0.717) is 34.2 Å². The van der Waals surface area contributed by atoms with E-state index < -0.39 is 0 Å². The summed E-state index contributed by atoms with van der Waals surface area (Å²) in [5, 5.41) is 12.7. The predicted octanol–water partition coefficient (Wildman–Crippen LogP) is 4.01. The van der Waals surface area contributed by atoms with Gasteiger partial charge >= 0.3 is 0 Å². The highest BCUT2D eigenvalue weighted by molar-refractivity contribution is 8.26. The van der Waals surface area contributed by atoms with E-state index in [2.05, 4.69) is 5.32 Å². The largest absolute Gasteiger partial charge is 0.507 e. The Morgan fingerprint density at radius 3 is 2.59 bits per heavy atom. The first kappa shape index (κ1) is 19.1. The summed E-state index contributed by atoms with van der Waals surface area (Å²) in [5.41, 5.74) is 1.32. The van der Waals surface area contributed by atoms with Crippen LogP contribution in [-0.2, 0) is 9.59 Å². The van der Waals surface area contributed by atoms with Gasteiger partial charge in [-0.1, -0.05) is 60.4 Å². The molecule has 0 aromatic heterocycles. The zero-order chi connectivity index (χ0) is 19.2. The van der Waals surface area contributed by atoms with Crippen LogP contribution in [0.25, 0.3) is 6.08 Å². The van der Waals surface area contributed by atoms with Gasteiger partial charge in [0.1, 0.15) is 10.1 Å². The van der Waals surface area contributed by atoms with E-state index in [1.165, 1.54) is 16.7 Å². The highest BCUT2D eigenvalue weighted by Gasteiger charge is 2.31. The molecule has 1 fully saturated rings. The van der Waals surface area contributed by atoms with Crippen molar-refractivity contribution in [2.45, 2.75) is 12.8 Å². The number of thioether (sulfide) groups is 1. The van der Waals surface area contributed by atoms with Crippen LogP contribution in [0, 0.1) is 0 Å². The van der Waals surface area contributed by atoms with Gasteiger partial charge in [-0.05, 0) is 30.7 Å². The molecule has 2 aromatic carbocycles. The molecule has 138 valence electrons. The van der Waals surface area contributed by atoms with E-state index in [4.69, 9.17) is 12.2 Å². The van der Waals surface area contributed by atoms with Crippen molar-refractivity contribution in [2.24, 2.45) is 0 Å². The third-order valence-corrected chi connectivity index (χ3v) is 5.32. The highest BCUT2D eigenvalue weighted by Crippen LogP contribution is 2.34. The zero-order valence-electron chi connectivity index (χ0n) is 14.4. The molecule has 0 bridgehead atoms. The van der Waals surface area contributed by atoms with Crippen LogP contribution in [0.15, 0.2) is 59.5 Å². The topological polar surface area (TPSA) is 69.6 Å². The molecule has 1 aliphatic heterocycles. The summed E-state index contributed by atoms with van der Waals surface area (Å²) in [5.74, 6) is -0.187. The molecular formula is C20H18N2O3S2. The Labute approximate surface area is 167 Å². The quantitative estimate of drug-likeness (QED) is 0.568. The molecule has 2 aromatic rings. The van der Waals surface area contributed by atoms with E-state index in [9.17, 15) is 14.7 Å². The fraction of sp³-hybridized carbons (Fsp3) is 0.150. The maximum atomic E-state index is 12.6. The first-order chi connectivity index (χ1) is 13.0. The monoisotopic (exact) mass is 398 g/mol. The van der Waals surface area contributed by atoms with E-state index in [1.54, 1.807) is 30.3 Å². The molecular weight excluding hydrogens is 380 g/mol. The molecule has 3 rings (SSSR count). The number of phenolic OH excluding ortho intramolecular Hbond substituents is 1. The van der Waals surface area contributed by atoms with Gasteiger partial charge in [0.2, 0.25) is 5.91 Å². The summed E-state index contributed by atoms with van der Waals surface area (Å²) in [6, 6.07) is 16.0. The van der Waals surface area contributed by atoms with Crippen molar-refractivity contribution in [1.29, 1.82) is 0 Å². The number of hydrogen-bond acceptors (Lipinski definition) is 5. The molecule has 0 unspecified atom stereocenters. The van der Waals surface area contributed by atoms with E-state index in [0.717, 1.165) is 5.69 Å². The number of carbonyl (C=O) groups is 2. The number of thiocarbonyl (C=S) groups is 1. The zero-order valence-corrected chi connectivity index (χ0v) is 16.1. The maximum absolute atomic E-state index is 12.6. The average molecular weight is 399 g/mol. The van der Waals surface area contributed by atoms with Crippen molar-refractivity contribution in [3.05, 3.63) is 65.1 Å². The van der Waals surface area contributed by atoms with Gasteiger partial charge in [-0.25, -0.2) is 0 Å². The van der Waals surface area contributed by atoms with E-state index in [-0.39, 0.29) is 17.6 Å². The number of rotatable bonds is 6. The summed E-state index contributed by atoms with van der Waals surface area (Å²) < 4.78 is 0.463. The van der Waals surface area contributed by atoms with Crippen LogP contribution in [-0.4, -0.2) is 32.7 Å². The second kappa shape index (κ2) is 8.83. The van der Waals surface area contributed by atoms with Gasteiger partial charge in [0, 0.05) is 24.2 Å². The van der Waals surface area contributed by atoms with Crippen LogP contribution in [0.3, 0.4) is 0 Å². The number of carbonyl (C=O) groups excluding carboxylic acids is 2. The number of para-hydroxylation sites is 2. The smallest absolute Gasteiger partial charge is 0.266 e. The van der Waals surface area contributed by atoms with Gasteiger partial charge in [0.25, 0.3) is 5.91 Å². The molecule has 0 aliphatic carbocycles. The maximum Gasteiger partial charge on any atom is 0.266 e. The standard InChI is InChI=1S/C20H18N2O3S2/c23-16-10-5-4-7-14(16)13-17-19(25)22(20(26)27-17)12-6-11-18(24)21-15-8-2-1-3-9-15/h1-5,7-10,13,23H,6,11-12H2,(H,21,24)/b17-13-. The van der Waals surface area contributed by atoms with Crippen LogP contribution in [0.4, 0.5) is 5.69 Å². The molecule has 7 heteroatoms. The van der Waals surface area contributed by atoms with Crippen molar-refractivity contribution in [1.82, 2.24) is 4.90 Å². The summed E-state index contributed by atoms with van der Waals surface area (Å²) >= 11 is 6.50. The first-order valence-electron chi connectivity index (χ1n) is 8.43. The molecule has 1 aliphatic rings. The molecule has 27 heavy (non-hydrogen) atoms. The Bertz CT molecular complexity index is 897. The molecule has 2 N–H and O–H groups in total. The number of benzene rings is 2. The predicted molar refractivity (Wildman–Crippen MR) is 112 cm³/mol. The summed E-state index contributed by atoms with van der Waals surface area (Å²) in [7, 11) is 0. The van der Waals surface area contributed by atoms with Crippen LogP contribution in [0.5, 0.6) is 5.75 Å². The van der Waals surface area contributed by atoms with Crippen LogP contribution >= 0.6 is 24.0 Å². The number of aromatic hydroxyl groups is 1. The number of nitrogens with zero attached hydrogens (tertiary/aromatic N) is 1.